The summed E-state index contributed by atoms with van der Waals surface area (Å²) < 4.78 is 0. The van der Waals surface area contributed by atoms with Crippen LogP contribution in [0.15, 0.2) is 24.3 Å². The van der Waals surface area contributed by atoms with Crippen LogP contribution in [-0.4, -0.2) is 45.5 Å². The summed E-state index contributed by atoms with van der Waals surface area (Å²) in [7, 11) is 0. The Hall–Kier alpha value is -3.02. The number of amides is 4. The van der Waals surface area contributed by atoms with Crippen LogP contribution in [-0.2, 0) is 0 Å². The third kappa shape index (κ3) is 2.64. The molecule has 0 spiro atoms. The summed E-state index contributed by atoms with van der Waals surface area (Å²) in [4.78, 5) is 56.6. The molecule has 2 saturated carbocycles. The smallest absolute Gasteiger partial charge is 0.261 e. The summed E-state index contributed by atoms with van der Waals surface area (Å²) >= 11 is 0. The van der Waals surface area contributed by atoms with Gasteiger partial charge >= 0.3 is 0 Å². The van der Waals surface area contributed by atoms with Crippen molar-refractivity contribution in [1.29, 1.82) is 0 Å². The zero-order valence-electron chi connectivity index (χ0n) is 18.1. The van der Waals surface area contributed by atoms with Gasteiger partial charge in [0.2, 0.25) is 0 Å². The average Bonchev–Trinajstić information content (AvgIpc) is 2.83. The van der Waals surface area contributed by atoms with Gasteiger partial charge in [-0.25, -0.2) is 0 Å². The molecule has 2 aromatic carbocycles. The minimum absolute atomic E-state index is 0.0794. The van der Waals surface area contributed by atoms with E-state index in [1.165, 1.54) is 9.80 Å². The van der Waals surface area contributed by atoms with Crippen LogP contribution >= 0.6 is 0 Å². The van der Waals surface area contributed by atoms with Crippen molar-refractivity contribution in [2.24, 2.45) is 0 Å². The van der Waals surface area contributed by atoms with E-state index in [0.717, 1.165) is 64.2 Å². The van der Waals surface area contributed by atoms with Crippen molar-refractivity contribution in [3.63, 3.8) is 0 Å². The number of hydrogen-bond acceptors (Lipinski definition) is 4. The lowest BCUT2D eigenvalue weighted by Crippen LogP contribution is -2.49. The van der Waals surface area contributed by atoms with Crippen LogP contribution in [0.4, 0.5) is 0 Å². The molecule has 2 aliphatic heterocycles. The highest BCUT2D eigenvalue weighted by Crippen LogP contribution is 2.40. The lowest BCUT2D eigenvalue weighted by molar-refractivity contribution is 0.0481. The van der Waals surface area contributed by atoms with Gasteiger partial charge in [-0.1, -0.05) is 38.5 Å². The molecular weight excluding hydrogens is 404 g/mol. The molecule has 6 nitrogen and oxygen atoms in total. The molecule has 2 aromatic rings. The molecule has 0 unspecified atom stereocenters. The third-order valence-electron chi connectivity index (χ3n) is 7.84. The SMILES string of the molecule is O=C1c2ccc3c4c(ccc(c24)C(=O)N1C1CCCCC1)C(=O)N(C1CCCCC1)C3=O. The Morgan fingerprint density at radius 3 is 1.03 bits per heavy atom. The molecule has 0 aromatic heterocycles. The zero-order valence-corrected chi connectivity index (χ0v) is 18.1. The monoisotopic (exact) mass is 430 g/mol. The molecule has 2 heterocycles. The quantitative estimate of drug-likeness (QED) is 0.648. The molecule has 0 N–H and O–H groups in total. The maximum atomic E-state index is 13.4. The molecule has 6 heteroatoms. The summed E-state index contributed by atoms with van der Waals surface area (Å²) in [5, 5.41) is 0.958. The largest absolute Gasteiger partial charge is 0.271 e. The third-order valence-corrected chi connectivity index (χ3v) is 7.84. The molecule has 0 saturated heterocycles. The summed E-state index contributed by atoms with van der Waals surface area (Å²) in [5.41, 5.74) is 1.71. The predicted octanol–water partition coefficient (Wildman–Crippen LogP) is 4.70. The molecular formula is C26H26N2O4. The average molecular weight is 431 g/mol. The molecule has 0 atom stereocenters. The molecule has 164 valence electrons. The first-order valence-corrected chi connectivity index (χ1v) is 11.9. The zero-order chi connectivity index (χ0) is 22.0. The van der Waals surface area contributed by atoms with Crippen LogP contribution in [0.5, 0.6) is 0 Å². The van der Waals surface area contributed by atoms with Gasteiger partial charge in [-0.05, 0) is 49.9 Å². The minimum atomic E-state index is -0.298. The first-order chi connectivity index (χ1) is 15.6. The van der Waals surface area contributed by atoms with Crippen LogP contribution in [0.25, 0.3) is 10.8 Å². The van der Waals surface area contributed by atoms with Crippen LogP contribution in [0.1, 0.15) is 106 Å². The van der Waals surface area contributed by atoms with Gasteiger partial charge in [0.15, 0.2) is 0 Å². The van der Waals surface area contributed by atoms with Crippen molar-refractivity contribution in [1.82, 2.24) is 9.80 Å². The van der Waals surface area contributed by atoms with E-state index >= 15 is 0 Å². The maximum Gasteiger partial charge on any atom is 0.261 e. The molecule has 2 fully saturated rings. The van der Waals surface area contributed by atoms with Crippen molar-refractivity contribution >= 4 is 34.4 Å². The number of nitrogens with zero attached hydrogens (tertiary/aromatic N) is 2. The number of imide groups is 2. The maximum absolute atomic E-state index is 13.4. The second-order valence-electron chi connectivity index (χ2n) is 9.62. The Labute approximate surface area is 186 Å². The molecule has 32 heavy (non-hydrogen) atoms. The first kappa shape index (κ1) is 19.6. The molecule has 0 bridgehead atoms. The van der Waals surface area contributed by atoms with Crippen molar-refractivity contribution < 1.29 is 19.2 Å². The highest BCUT2D eigenvalue weighted by atomic mass is 16.2. The summed E-state index contributed by atoms with van der Waals surface area (Å²) in [6.07, 6.45) is 9.66. The lowest BCUT2D eigenvalue weighted by Gasteiger charge is -2.38. The highest BCUT2D eigenvalue weighted by Gasteiger charge is 2.43. The van der Waals surface area contributed by atoms with Crippen LogP contribution < -0.4 is 0 Å². The van der Waals surface area contributed by atoms with Crippen molar-refractivity contribution in [3.05, 3.63) is 46.5 Å². The number of carbonyl (C=O) groups excluding carboxylic acids is 4. The number of hydrogen-bond donors (Lipinski definition) is 0. The Balaban J connectivity index is 1.49. The molecule has 2 aliphatic carbocycles. The Morgan fingerprint density at radius 2 is 0.750 bits per heavy atom. The summed E-state index contributed by atoms with van der Waals surface area (Å²) in [6, 6.07) is 6.57. The lowest BCUT2D eigenvalue weighted by atomic mass is 9.83. The van der Waals surface area contributed by atoms with Gasteiger partial charge < -0.3 is 0 Å². The van der Waals surface area contributed by atoms with E-state index < -0.39 is 0 Å². The fourth-order valence-corrected chi connectivity index (χ4v) is 6.25. The molecule has 4 amide bonds. The fraction of sp³-hybridized carbons (Fsp3) is 0.462. The van der Waals surface area contributed by atoms with E-state index in [1.807, 2.05) is 0 Å². The van der Waals surface area contributed by atoms with E-state index in [-0.39, 0.29) is 35.7 Å². The normalized spacial score (nSPS) is 22.2. The van der Waals surface area contributed by atoms with Gasteiger partial charge in [-0.15, -0.1) is 0 Å². The number of benzene rings is 2. The fourth-order valence-electron chi connectivity index (χ4n) is 6.25. The van der Waals surface area contributed by atoms with E-state index in [2.05, 4.69) is 0 Å². The number of carbonyl (C=O) groups is 4. The Bertz CT molecular complexity index is 1020. The second kappa shape index (κ2) is 7.26. The van der Waals surface area contributed by atoms with Crippen LogP contribution in [0.3, 0.4) is 0 Å². The van der Waals surface area contributed by atoms with Crippen molar-refractivity contribution in [3.8, 4) is 0 Å². The minimum Gasteiger partial charge on any atom is -0.271 e. The van der Waals surface area contributed by atoms with Gasteiger partial charge in [-0.2, -0.15) is 0 Å². The van der Waals surface area contributed by atoms with E-state index in [1.54, 1.807) is 24.3 Å². The van der Waals surface area contributed by atoms with Crippen LogP contribution in [0.2, 0.25) is 0 Å². The van der Waals surface area contributed by atoms with Gasteiger partial charge in [0.1, 0.15) is 0 Å². The second-order valence-corrected chi connectivity index (χ2v) is 9.62. The summed E-state index contributed by atoms with van der Waals surface area (Å²) in [6.45, 7) is 0. The van der Waals surface area contributed by atoms with Crippen molar-refractivity contribution in [2.45, 2.75) is 76.3 Å². The Kier molecular flexibility index (Phi) is 4.46. The van der Waals surface area contributed by atoms with E-state index in [0.29, 0.717) is 33.0 Å². The van der Waals surface area contributed by atoms with Crippen molar-refractivity contribution in [2.75, 3.05) is 0 Å². The van der Waals surface area contributed by atoms with E-state index in [4.69, 9.17) is 0 Å². The standard InChI is InChI=1S/C26H26N2O4/c29-23-17-11-13-19-22-20(26(32)28(25(19)31)16-9-5-2-6-10-16)14-12-18(21(17)22)24(30)27(23)15-7-3-1-4-8-15/h11-16H,1-10H2. The van der Waals surface area contributed by atoms with Gasteiger partial charge in [0, 0.05) is 45.1 Å². The van der Waals surface area contributed by atoms with Gasteiger partial charge in [0.25, 0.3) is 23.6 Å². The molecule has 6 rings (SSSR count). The number of rotatable bonds is 2. The van der Waals surface area contributed by atoms with Crippen LogP contribution in [0, 0.1) is 0 Å². The predicted molar refractivity (Wildman–Crippen MR) is 119 cm³/mol. The van der Waals surface area contributed by atoms with Gasteiger partial charge in [0.05, 0.1) is 0 Å². The Morgan fingerprint density at radius 1 is 0.469 bits per heavy atom. The topological polar surface area (TPSA) is 74.8 Å². The van der Waals surface area contributed by atoms with Gasteiger partial charge in [-0.3, -0.25) is 29.0 Å². The summed E-state index contributed by atoms with van der Waals surface area (Å²) in [5.74, 6) is -1.19. The van der Waals surface area contributed by atoms with E-state index in [9.17, 15) is 19.2 Å². The first-order valence-electron chi connectivity index (χ1n) is 11.9. The molecule has 4 aliphatic rings. The molecule has 0 radical (unpaired) electrons. The highest BCUT2D eigenvalue weighted by molar-refractivity contribution is 6.33.